The van der Waals surface area contributed by atoms with Gasteiger partial charge in [0.15, 0.2) is 4.34 Å². The molecule has 1 saturated heterocycles. The van der Waals surface area contributed by atoms with Gasteiger partial charge in [0, 0.05) is 11.3 Å². The van der Waals surface area contributed by atoms with Crippen molar-refractivity contribution in [2.75, 3.05) is 11.5 Å². The standard InChI is InChI=1S/C30H26FN3O4S2/c1-3-16-38-23-14-10-20(11-15-23)25-24(26(35)21-8-4-18(2)5-9-21)27(36)28(37)34(25)29-32-33-30(40-29)39-17-19-6-12-22(31)13-7-19/h4-15,25,35H,3,16-17H2,1-2H3/b26-24-. The zero-order valence-electron chi connectivity index (χ0n) is 21.8. The minimum Gasteiger partial charge on any atom is -0.507 e. The van der Waals surface area contributed by atoms with Gasteiger partial charge in [-0.1, -0.05) is 84.1 Å². The van der Waals surface area contributed by atoms with Crippen LogP contribution in [0.3, 0.4) is 0 Å². The molecule has 0 bridgehead atoms. The van der Waals surface area contributed by atoms with Gasteiger partial charge < -0.3 is 9.84 Å². The Hall–Kier alpha value is -4.02. The highest BCUT2D eigenvalue weighted by molar-refractivity contribution is 8.00. The number of rotatable bonds is 9. The molecule has 3 aromatic carbocycles. The van der Waals surface area contributed by atoms with Crippen LogP contribution in [0, 0.1) is 12.7 Å². The number of anilines is 1. The molecule has 0 radical (unpaired) electrons. The van der Waals surface area contributed by atoms with E-state index in [4.69, 9.17) is 4.74 Å². The van der Waals surface area contributed by atoms with E-state index >= 15 is 0 Å². The van der Waals surface area contributed by atoms with Crippen LogP contribution in [0.5, 0.6) is 5.75 Å². The first-order chi connectivity index (χ1) is 19.4. The zero-order chi connectivity index (χ0) is 28.2. The molecule has 1 atom stereocenters. The number of carbonyl (C=O) groups excluding carboxylic acids is 2. The summed E-state index contributed by atoms with van der Waals surface area (Å²) in [5.41, 5.74) is 2.94. The molecule has 1 unspecified atom stereocenters. The van der Waals surface area contributed by atoms with Crippen LogP contribution < -0.4 is 9.64 Å². The number of aliphatic hydroxyl groups is 1. The smallest absolute Gasteiger partial charge is 0.301 e. The van der Waals surface area contributed by atoms with Crippen LogP contribution in [0.4, 0.5) is 9.52 Å². The first kappa shape index (κ1) is 27.5. The molecular weight excluding hydrogens is 549 g/mol. The second-order valence-corrected chi connectivity index (χ2v) is 11.4. The number of halogens is 1. The van der Waals surface area contributed by atoms with E-state index in [1.807, 2.05) is 26.0 Å². The first-order valence-corrected chi connectivity index (χ1v) is 14.5. The average Bonchev–Trinajstić information content (AvgIpc) is 3.54. The van der Waals surface area contributed by atoms with Gasteiger partial charge in [-0.15, -0.1) is 10.2 Å². The Labute approximate surface area is 239 Å². The van der Waals surface area contributed by atoms with Crippen LogP contribution >= 0.6 is 23.1 Å². The predicted molar refractivity (Wildman–Crippen MR) is 154 cm³/mol. The summed E-state index contributed by atoms with van der Waals surface area (Å²) in [6.07, 6.45) is 0.858. The summed E-state index contributed by atoms with van der Waals surface area (Å²) >= 11 is 2.57. The minimum absolute atomic E-state index is 0.0215. The minimum atomic E-state index is -0.913. The highest BCUT2D eigenvalue weighted by Crippen LogP contribution is 2.44. The number of aryl methyl sites for hydroxylation is 1. The molecule has 0 aliphatic carbocycles. The van der Waals surface area contributed by atoms with Crippen molar-refractivity contribution in [2.24, 2.45) is 0 Å². The molecular formula is C30H26FN3O4S2. The molecule has 1 fully saturated rings. The van der Waals surface area contributed by atoms with E-state index in [0.717, 1.165) is 17.5 Å². The Bertz CT molecular complexity index is 1550. The fourth-order valence-electron chi connectivity index (χ4n) is 4.26. The van der Waals surface area contributed by atoms with Crippen LogP contribution in [0.15, 0.2) is 82.7 Å². The van der Waals surface area contributed by atoms with Crippen molar-refractivity contribution in [3.05, 3.63) is 106 Å². The molecule has 1 aromatic heterocycles. The predicted octanol–water partition coefficient (Wildman–Crippen LogP) is 6.69. The van der Waals surface area contributed by atoms with Crippen molar-refractivity contribution in [1.82, 2.24) is 10.2 Å². The Kier molecular flexibility index (Phi) is 8.27. The highest BCUT2D eigenvalue weighted by atomic mass is 32.2. The summed E-state index contributed by atoms with van der Waals surface area (Å²) in [6, 6.07) is 19.5. The van der Waals surface area contributed by atoms with Gasteiger partial charge in [0.2, 0.25) is 5.13 Å². The molecule has 204 valence electrons. The monoisotopic (exact) mass is 575 g/mol. The molecule has 2 heterocycles. The van der Waals surface area contributed by atoms with Crippen LogP contribution in [0.25, 0.3) is 5.76 Å². The SMILES string of the molecule is CCCOc1ccc(C2/C(=C(/O)c3ccc(C)cc3)C(=O)C(=O)N2c2nnc(SCc3ccc(F)cc3)s2)cc1. The van der Waals surface area contributed by atoms with Crippen molar-refractivity contribution in [3.8, 4) is 5.75 Å². The second-order valence-electron chi connectivity index (χ2n) is 9.22. The number of ether oxygens (including phenoxy) is 1. The third kappa shape index (κ3) is 5.78. The quantitative estimate of drug-likeness (QED) is 0.0781. The normalized spacial score (nSPS) is 16.5. The number of thioether (sulfide) groups is 1. The Balaban J connectivity index is 1.51. The van der Waals surface area contributed by atoms with Crippen molar-refractivity contribution < 1.29 is 23.8 Å². The van der Waals surface area contributed by atoms with Crippen molar-refractivity contribution in [2.45, 2.75) is 36.4 Å². The van der Waals surface area contributed by atoms with Crippen LogP contribution in [0.2, 0.25) is 0 Å². The van der Waals surface area contributed by atoms with E-state index in [2.05, 4.69) is 10.2 Å². The van der Waals surface area contributed by atoms with E-state index in [1.54, 1.807) is 48.5 Å². The molecule has 10 heteroatoms. The van der Waals surface area contributed by atoms with Gasteiger partial charge in [-0.2, -0.15) is 0 Å². The van der Waals surface area contributed by atoms with E-state index in [1.165, 1.54) is 40.1 Å². The number of hydrogen-bond donors (Lipinski definition) is 1. The van der Waals surface area contributed by atoms with Gasteiger partial charge in [-0.05, 0) is 48.7 Å². The van der Waals surface area contributed by atoms with Crippen molar-refractivity contribution >= 4 is 45.7 Å². The molecule has 40 heavy (non-hydrogen) atoms. The Morgan fingerprint density at radius 3 is 2.40 bits per heavy atom. The zero-order valence-corrected chi connectivity index (χ0v) is 23.5. The van der Waals surface area contributed by atoms with Crippen molar-refractivity contribution in [1.29, 1.82) is 0 Å². The fraction of sp³-hybridized carbons (Fsp3) is 0.200. The third-order valence-corrected chi connectivity index (χ3v) is 8.44. The number of aliphatic hydroxyl groups excluding tert-OH is 1. The van der Waals surface area contributed by atoms with Gasteiger partial charge >= 0.3 is 5.91 Å². The maximum Gasteiger partial charge on any atom is 0.301 e. The molecule has 7 nitrogen and oxygen atoms in total. The highest BCUT2D eigenvalue weighted by Gasteiger charge is 2.48. The van der Waals surface area contributed by atoms with Crippen molar-refractivity contribution in [3.63, 3.8) is 0 Å². The number of benzene rings is 3. The van der Waals surface area contributed by atoms with Gasteiger partial charge in [0.25, 0.3) is 5.78 Å². The number of ketones is 1. The van der Waals surface area contributed by atoms with E-state index in [9.17, 15) is 19.1 Å². The Morgan fingerprint density at radius 2 is 1.73 bits per heavy atom. The molecule has 1 amide bonds. The maximum absolute atomic E-state index is 13.4. The summed E-state index contributed by atoms with van der Waals surface area (Å²) in [4.78, 5) is 28.1. The van der Waals surface area contributed by atoms with Crippen LogP contribution in [0.1, 0.15) is 41.6 Å². The average molecular weight is 576 g/mol. The van der Waals surface area contributed by atoms with E-state index in [-0.39, 0.29) is 22.3 Å². The van der Waals surface area contributed by atoms with Gasteiger partial charge in [0.1, 0.15) is 17.3 Å². The summed E-state index contributed by atoms with van der Waals surface area (Å²) in [7, 11) is 0. The van der Waals surface area contributed by atoms with Crippen LogP contribution in [-0.2, 0) is 15.3 Å². The largest absolute Gasteiger partial charge is 0.507 e. The number of hydrogen-bond acceptors (Lipinski definition) is 8. The summed E-state index contributed by atoms with van der Waals surface area (Å²) < 4.78 is 19.5. The third-order valence-electron chi connectivity index (χ3n) is 6.32. The summed E-state index contributed by atoms with van der Waals surface area (Å²) in [5, 5.41) is 20.0. The maximum atomic E-state index is 13.4. The first-order valence-electron chi connectivity index (χ1n) is 12.7. The lowest BCUT2D eigenvalue weighted by Crippen LogP contribution is -2.29. The lowest BCUT2D eigenvalue weighted by Gasteiger charge is -2.22. The molecule has 1 aliphatic rings. The second kappa shape index (κ2) is 12.0. The molecule has 1 N–H and O–H groups in total. The van der Waals surface area contributed by atoms with E-state index < -0.39 is 17.7 Å². The number of aromatic nitrogens is 2. The number of nitrogens with zero attached hydrogens (tertiary/aromatic N) is 3. The lowest BCUT2D eigenvalue weighted by molar-refractivity contribution is -0.132. The molecule has 1 aliphatic heterocycles. The number of Topliss-reactive ketones (excluding diaryl/α,β-unsaturated/α-hetero) is 1. The van der Waals surface area contributed by atoms with Gasteiger partial charge in [0.05, 0.1) is 18.2 Å². The number of carbonyl (C=O) groups is 2. The fourth-order valence-corrected chi connectivity index (χ4v) is 6.09. The summed E-state index contributed by atoms with van der Waals surface area (Å²) in [5.74, 6) is -0.965. The molecule has 4 aromatic rings. The van der Waals surface area contributed by atoms with Crippen LogP contribution in [-0.4, -0.2) is 33.6 Å². The summed E-state index contributed by atoms with van der Waals surface area (Å²) in [6.45, 7) is 4.50. The molecule has 5 rings (SSSR count). The lowest BCUT2D eigenvalue weighted by atomic mass is 9.95. The van der Waals surface area contributed by atoms with E-state index in [0.29, 0.717) is 33.6 Å². The number of amides is 1. The Morgan fingerprint density at radius 1 is 1.02 bits per heavy atom. The topological polar surface area (TPSA) is 92.6 Å². The molecule has 0 spiro atoms. The van der Waals surface area contributed by atoms with Gasteiger partial charge in [-0.25, -0.2) is 4.39 Å². The van der Waals surface area contributed by atoms with Gasteiger partial charge in [-0.3, -0.25) is 14.5 Å². The molecule has 0 saturated carbocycles.